The third kappa shape index (κ3) is 4.74. The Morgan fingerprint density at radius 3 is 2.76 bits per heavy atom. The molecule has 8 heteroatoms. The molecule has 1 N–H and O–H groups in total. The molecule has 1 saturated heterocycles. The van der Waals surface area contributed by atoms with E-state index in [1.165, 1.54) is 4.31 Å². The van der Waals surface area contributed by atoms with E-state index in [0.29, 0.717) is 41.3 Å². The molecule has 1 aliphatic heterocycles. The Kier molecular flexibility index (Phi) is 6.82. The molecule has 2 aromatic carbocycles. The number of amides is 1. The Bertz CT molecular complexity index is 994. The molecule has 0 aliphatic carbocycles. The molecule has 156 valence electrons. The Hall–Kier alpha value is -2.09. The average molecular weight is 437 g/mol. The summed E-state index contributed by atoms with van der Waals surface area (Å²) in [5.74, 6) is 0.351. The number of nitrogens with zero attached hydrogens (tertiary/aromatic N) is 1. The molecule has 0 bridgehead atoms. The maximum Gasteiger partial charge on any atom is 0.251 e. The van der Waals surface area contributed by atoms with Crippen LogP contribution in [0.25, 0.3) is 0 Å². The molecule has 6 nitrogen and oxygen atoms in total. The number of carbonyl (C=O) groups excluding carboxylic acids is 1. The molecular formula is C21H25ClN2O4S. The molecule has 1 aliphatic rings. The van der Waals surface area contributed by atoms with Crippen molar-refractivity contribution in [3.63, 3.8) is 0 Å². The van der Waals surface area contributed by atoms with Gasteiger partial charge in [0.1, 0.15) is 5.75 Å². The number of rotatable bonds is 6. The van der Waals surface area contributed by atoms with Crippen LogP contribution in [0.4, 0.5) is 0 Å². The SMILES string of the molecule is CCc1c(Cl)cccc1S(=O)(=O)N1CCCC(NC(=O)c2cccc(OC)c2)C1. The first kappa shape index (κ1) is 21.6. The molecule has 0 spiro atoms. The van der Waals surface area contributed by atoms with E-state index in [0.717, 1.165) is 6.42 Å². The largest absolute Gasteiger partial charge is 0.497 e. The zero-order valence-electron chi connectivity index (χ0n) is 16.5. The summed E-state index contributed by atoms with van der Waals surface area (Å²) in [7, 11) is -2.15. The van der Waals surface area contributed by atoms with Gasteiger partial charge in [0.15, 0.2) is 0 Å². The summed E-state index contributed by atoms with van der Waals surface area (Å²) >= 11 is 6.21. The lowest BCUT2D eigenvalue weighted by Gasteiger charge is -2.33. The second kappa shape index (κ2) is 9.15. The van der Waals surface area contributed by atoms with Crippen LogP contribution in [0.15, 0.2) is 47.4 Å². The van der Waals surface area contributed by atoms with Gasteiger partial charge in [0.25, 0.3) is 5.91 Å². The molecule has 1 amide bonds. The number of halogens is 1. The van der Waals surface area contributed by atoms with Crippen molar-refractivity contribution in [1.82, 2.24) is 9.62 Å². The number of benzene rings is 2. The van der Waals surface area contributed by atoms with Crippen LogP contribution in [0, 0.1) is 0 Å². The first-order chi connectivity index (χ1) is 13.9. The summed E-state index contributed by atoms with van der Waals surface area (Å²) in [4.78, 5) is 12.8. The van der Waals surface area contributed by atoms with Gasteiger partial charge < -0.3 is 10.1 Å². The van der Waals surface area contributed by atoms with Crippen molar-refractivity contribution < 1.29 is 17.9 Å². The van der Waals surface area contributed by atoms with Crippen molar-refractivity contribution in [2.24, 2.45) is 0 Å². The third-order valence-corrected chi connectivity index (χ3v) is 7.40. The Balaban J connectivity index is 1.76. The number of ether oxygens (including phenoxy) is 1. The van der Waals surface area contributed by atoms with E-state index in [1.807, 2.05) is 6.92 Å². The molecule has 1 atom stereocenters. The van der Waals surface area contributed by atoms with Gasteiger partial charge in [0, 0.05) is 29.7 Å². The molecule has 0 radical (unpaired) electrons. The first-order valence-electron chi connectivity index (χ1n) is 9.59. The normalized spacial score (nSPS) is 17.7. The molecule has 3 rings (SSSR count). The van der Waals surface area contributed by atoms with Gasteiger partial charge in [0.05, 0.1) is 12.0 Å². The maximum atomic E-state index is 13.2. The number of hydrogen-bond acceptors (Lipinski definition) is 4. The number of methoxy groups -OCH3 is 1. The Labute approximate surface area is 176 Å². The van der Waals surface area contributed by atoms with Gasteiger partial charge in [-0.1, -0.05) is 30.7 Å². The van der Waals surface area contributed by atoms with Crippen LogP contribution >= 0.6 is 11.6 Å². The van der Waals surface area contributed by atoms with Crippen LogP contribution in [0.2, 0.25) is 5.02 Å². The highest BCUT2D eigenvalue weighted by Crippen LogP contribution is 2.28. The minimum atomic E-state index is -3.69. The van der Waals surface area contributed by atoms with Crippen LogP contribution in [0.5, 0.6) is 5.75 Å². The van der Waals surface area contributed by atoms with Gasteiger partial charge in [-0.15, -0.1) is 0 Å². The van der Waals surface area contributed by atoms with Gasteiger partial charge in [-0.2, -0.15) is 4.31 Å². The molecule has 0 aromatic heterocycles. The molecule has 2 aromatic rings. The highest BCUT2D eigenvalue weighted by atomic mass is 35.5. The fourth-order valence-corrected chi connectivity index (χ4v) is 5.78. The number of hydrogen-bond donors (Lipinski definition) is 1. The Morgan fingerprint density at radius 2 is 2.03 bits per heavy atom. The number of nitrogens with one attached hydrogen (secondary N) is 1. The van der Waals surface area contributed by atoms with Gasteiger partial charge in [-0.05, 0) is 55.2 Å². The van der Waals surface area contributed by atoms with Crippen molar-refractivity contribution in [2.45, 2.75) is 37.1 Å². The first-order valence-corrected chi connectivity index (χ1v) is 11.4. The topological polar surface area (TPSA) is 75.7 Å². The van der Waals surface area contributed by atoms with E-state index in [-0.39, 0.29) is 23.4 Å². The number of sulfonamides is 1. The van der Waals surface area contributed by atoms with Crippen LogP contribution in [-0.2, 0) is 16.4 Å². The summed E-state index contributed by atoms with van der Waals surface area (Å²) in [5, 5.41) is 3.41. The van der Waals surface area contributed by atoms with Gasteiger partial charge in [-0.25, -0.2) is 8.42 Å². The van der Waals surface area contributed by atoms with Crippen molar-refractivity contribution in [3.05, 3.63) is 58.6 Å². The van der Waals surface area contributed by atoms with Crippen LogP contribution in [0.3, 0.4) is 0 Å². The van der Waals surface area contributed by atoms with Crippen LogP contribution in [0.1, 0.15) is 35.7 Å². The van der Waals surface area contributed by atoms with E-state index in [4.69, 9.17) is 16.3 Å². The molecular weight excluding hydrogens is 412 g/mol. The second-order valence-corrected chi connectivity index (χ2v) is 9.29. The quantitative estimate of drug-likeness (QED) is 0.752. The lowest BCUT2D eigenvalue weighted by molar-refractivity contribution is 0.0921. The molecule has 29 heavy (non-hydrogen) atoms. The minimum absolute atomic E-state index is 0.230. The van der Waals surface area contributed by atoms with Crippen molar-refractivity contribution in [3.8, 4) is 5.75 Å². The van der Waals surface area contributed by atoms with Crippen molar-refractivity contribution in [1.29, 1.82) is 0 Å². The van der Waals surface area contributed by atoms with Crippen molar-refractivity contribution >= 4 is 27.5 Å². The van der Waals surface area contributed by atoms with Gasteiger partial charge >= 0.3 is 0 Å². The Morgan fingerprint density at radius 1 is 1.28 bits per heavy atom. The average Bonchev–Trinajstić information content (AvgIpc) is 2.73. The third-order valence-electron chi connectivity index (χ3n) is 5.10. The van der Waals surface area contributed by atoms with E-state index in [2.05, 4.69) is 5.32 Å². The second-order valence-electron chi connectivity index (χ2n) is 6.98. The lowest BCUT2D eigenvalue weighted by atomic mass is 10.1. The number of carbonyl (C=O) groups is 1. The van der Waals surface area contributed by atoms with Crippen LogP contribution in [-0.4, -0.2) is 44.9 Å². The highest BCUT2D eigenvalue weighted by Gasteiger charge is 2.32. The minimum Gasteiger partial charge on any atom is -0.497 e. The zero-order valence-corrected chi connectivity index (χ0v) is 18.1. The highest BCUT2D eigenvalue weighted by molar-refractivity contribution is 7.89. The zero-order chi connectivity index (χ0) is 21.0. The maximum absolute atomic E-state index is 13.2. The summed E-state index contributed by atoms with van der Waals surface area (Å²) in [5.41, 5.74) is 1.10. The standard InChI is InChI=1S/C21H25ClN2O4S/c1-3-18-19(22)10-5-11-20(18)29(26,27)24-12-6-8-16(14-24)23-21(25)15-7-4-9-17(13-15)28-2/h4-5,7,9-11,13,16H,3,6,8,12,14H2,1-2H3,(H,23,25). The van der Waals surface area contributed by atoms with E-state index in [9.17, 15) is 13.2 Å². The molecule has 1 heterocycles. The predicted octanol–water partition coefficient (Wildman–Crippen LogP) is 3.49. The lowest BCUT2D eigenvalue weighted by Crippen LogP contribution is -2.49. The van der Waals surface area contributed by atoms with E-state index < -0.39 is 10.0 Å². The summed E-state index contributed by atoms with van der Waals surface area (Å²) in [6.07, 6.45) is 1.92. The van der Waals surface area contributed by atoms with E-state index in [1.54, 1.807) is 49.6 Å². The molecule has 1 unspecified atom stereocenters. The summed E-state index contributed by atoms with van der Waals surface area (Å²) in [6, 6.07) is 11.6. The summed E-state index contributed by atoms with van der Waals surface area (Å²) in [6.45, 7) is 2.53. The fourth-order valence-electron chi connectivity index (χ4n) is 3.57. The number of piperidine rings is 1. The fraction of sp³-hybridized carbons (Fsp3) is 0.381. The predicted molar refractivity (Wildman–Crippen MR) is 113 cm³/mol. The van der Waals surface area contributed by atoms with Gasteiger partial charge in [0.2, 0.25) is 10.0 Å². The van der Waals surface area contributed by atoms with Gasteiger partial charge in [-0.3, -0.25) is 4.79 Å². The monoisotopic (exact) mass is 436 g/mol. The molecule has 0 saturated carbocycles. The van der Waals surface area contributed by atoms with Crippen LogP contribution < -0.4 is 10.1 Å². The summed E-state index contributed by atoms with van der Waals surface area (Å²) < 4.78 is 33.1. The van der Waals surface area contributed by atoms with Crippen molar-refractivity contribution in [2.75, 3.05) is 20.2 Å². The van der Waals surface area contributed by atoms with E-state index >= 15 is 0 Å². The molecule has 1 fully saturated rings. The smallest absolute Gasteiger partial charge is 0.251 e.